The molecule has 0 saturated heterocycles. The summed E-state index contributed by atoms with van der Waals surface area (Å²) in [5, 5.41) is 0. The van der Waals surface area contributed by atoms with Crippen LogP contribution in [0.25, 0.3) is 0 Å². The number of nitrogens with zero attached hydrogens (tertiary/aromatic N) is 1. The van der Waals surface area contributed by atoms with Crippen molar-refractivity contribution >= 4 is 12.6 Å². The van der Waals surface area contributed by atoms with Gasteiger partial charge in [0.2, 0.25) is 0 Å². The van der Waals surface area contributed by atoms with Gasteiger partial charge in [-0.1, -0.05) is 24.3 Å². The van der Waals surface area contributed by atoms with Gasteiger partial charge < -0.3 is 4.74 Å². The molecule has 2 nitrogen and oxygen atoms in total. The summed E-state index contributed by atoms with van der Waals surface area (Å²) in [6.45, 7) is 4.83. The number of ether oxygens (including phenoxy) is 1. The molecule has 0 aromatic heterocycles. The van der Waals surface area contributed by atoms with Crippen molar-refractivity contribution in [2.75, 3.05) is 32.1 Å². The van der Waals surface area contributed by atoms with Crippen LogP contribution < -0.4 is 0 Å². The van der Waals surface area contributed by atoms with E-state index >= 15 is 0 Å². The van der Waals surface area contributed by atoms with E-state index in [0.717, 1.165) is 38.6 Å². The zero-order valence-corrected chi connectivity index (χ0v) is 10.5. The molecule has 88 valence electrons. The summed E-state index contributed by atoms with van der Waals surface area (Å²) in [5.41, 5.74) is 2.98. The SMILES string of the molecule is SCCOCCN1CCc2ccccc2C1. The van der Waals surface area contributed by atoms with Gasteiger partial charge in [0, 0.05) is 25.4 Å². The molecule has 1 aliphatic rings. The fourth-order valence-corrected chi connectivity index (χ4v) is 2.23. The van der Waals surface area contributed by atoms with Crippen LogP contribution in [-0.4, -0.2) is 37.0 Å². The smallest absolute Gasteiger partial charge is 0.0593 e. The molecule has 1 heterocycles. The summed E-state index contributed by atoms with van der Waals surface area (Å²) in [5.74, 6) is 0.808. The second kappa shape index (κ2) is 6.28. The molecule has 0 amide bonds. The lowest BCUT2D eigenvalue weighted by molar-refractivity contribution is 0.110. The van der Waals surface area contributed by atoms with E-state index in [-0.39, 0.29) is 0 Å². The topological polar surface area (TPSA) is 12.5 Å². The maximum absolute atomic E-state index is 5.46. The Labute approximate surface area is 103 Å². The van der Waals surface area contributed by atoms with Gasteiger partial charge in [-0.25, -0.2) is 0 Å². The Morgan fingerprint density at radius 3 is 2.81 bits per heavy atom. The van der Waals surface area contributed by atoms with Crippen LogP contribution in [0.2, 0.25) is 0 Å². The first kappa shape index (κ1) is 12.0. The fraction of sp³-hybridized carbons (Fsp3) is 0.538. The van der Waals surface area contributed by atoms with Crippen LogP contribution in [0.15, 0.2) is 24.3 Å². The average Bonchev–Trinajstić information content (AvgIpc) is 2.34. The third-order valence-electron chi connectivity index (χ3n) is 3.00. The van der Waals surface area contributed by atoms with E-state index in [9.17, 15) is 0 Å². The van der Waals surface area contributed by atoms with Crippen LogP contribution in [0.1, 0.15) is 11.1 Å². The molecule has 0 N–H and O–H groups in total. The van der Waals surface area contributed by atoms with Crippen molar-refractivity contribution in [3.63, 3.8) is 0 Å². The van der Waals surface area contributed by atoms with Crippen molar-refractivity contribution in [1.29, 1.82) is 0 Å². The van der Waals surface area contributed by atoms with Crippen LogP contribution in [0.3, 0.4) is 0 Å². The van der Waals surface area contributed by atoms with Crippen molar-refractivity contribution in [2.24, 2.45) is 0 Å². The molecule has 1 aromatic rings. The number of rotatable bonds is 5. The summed E-state index contributed by atoms with van der Waals surface area (Å²) in [6.07, 6.45) is 1.17. The minimum Gasteiger partial charge on any atom is -0.379 e. The van der Waals surface area contributed by atoms with E-state index in [1.165, 1.54) is 17.5 Å². The molecule has 0 bridgehead atoms. The van der Waals surface area contributed by atoms with E-state index < -0.39 is 0 Å². The summed E-state index contributed by atoms with van der Waals surface area (Å²) in [4.78, 5) is 2.46. The number of hydrogen-bond acceptors (Lipinski definition) is 3. The third-order valence-corrected chi connectivity index (χ3v) is 3.18. The highest BCUT2D eigenvalue weighted by Gasteiger charge is 2.14. The summed E-state index contributed by atoms with van der Waals surface area (Å²) < 4.78 is 5.46. The van der Waals surface area contributed by atoms with E-state index in [4.69, 9.17) is 4.74 Å². The molecule has 0 saturated carbocycles. The third kappa shape index (κ3) is 3.24. The highest BCUT2D eigenvalue weighted by molar-refractivity contribution is 7.80. The first-order valence-corrected chi connectivity index (χ1v) is 6.51. The van der Waals surface area contributed by atoms with Gasteiger partial charge in [0.15, 0.2) is 0 Å². The predicted molar refractivity (Wildman–Crippen MR) is 70.1 cm³/mol. The quantitative estimate of drug-likeness (QED) is 0.621. The average molecular weight is 237 g/mol. The Bertz CT molecular complexity index is 329. The molecule has 16 heavy (non-hydrogen) atoms. The normalized spacial score (nSPS) is 16.1. The second-order valence-corrected chi connectivity index (χ2v) is 4.58. The Hall–Kier alpha value is -0.510. The lowest BCUT2D eigenvalue weighted by Gasteiger charge is -2.28. The van der Waals surface area contributed by atoms with Gasteiger partial charge in [-0.15, -0.1) is 0 Å². The molecule has 0 radical (unpaired) electrons. The summed E-state index contributed by atoms with van der Waals surface area (Å²) in [7, 11) is 0. The molecule has 0 unspecified atom stereocenters. The van der Waals surface area contributed by atoms with Crippen LogP contribution in [-0.2, 0) is 17.7 Å². The molecule has 0 atom stereocenters. The fourth-order valence-electron chi connectivity index (χ4n) is 2.11. The van der Waals surface area contributed by atoms with Gasteiger partial charge in [-0.2, -0.15) is 12.6 Å². The molecule has 1 aromatic carbocycles. The standard InChI is InChI=1S/C13H19NOS/c16-10-9-15-8-7-14-6-5-12-3-1-2-4-13(12)11-14/h1-4,16H,5-11H2. The molecule has 3 heteroatoms. The zero-order chi connectivity index (χ0) is 11.2. The monoisotopic (exact) mass is 237 g/mol. The van der Waals surface area contributed by atoms with Crippen molar-refractivity contribution in [3.05, 3.63) is 35.4 Å². The van der Waals surface area contributed by atoms with Crippen LogP contribution >= 0.6 is 12.6 Å². The first-order chi connectivity index (χ1) is 7.90. The largest absolute Gasteiger partial charge is 0.379 e. The van der Waals surface area contributed by atoms with Gasteiger partial charge in [0.1, 0.15) is 0 Å². The number of benzene rings is 1. The van der Waals surface area contributed by atoms with Crippen LogP contribution in [0, 0.1) is 0 Å². The Morgan fingerprint density at radius 1 is 1.19 bits per heavy atom. The first-order valence-electron chi connectivity index (χ1n) is 5.88. The van der Waals surface area contributed by atoms with Gasteiger partial charge in [0.25, 0.3) is 0 Å². The molecular weight excluding hydrogens is 218 g/mol. The van der Waals surface area contributed by atoms with Crippen molar-refractivity contribution in [1.82, 2.24) is 4.90 Å². The van der Waals surface area contributed by atoms with Crippen molar-refractivity contribution < 1.29 is 4.74 Å². The number of thiol groups is 1. The highest BCUT2D eigenvalue weighted by atomic mass is 32.1. The van der Waals surface area contributed by atoms with Gasteiger partial charge in [0.05, 0.1) is 13.2 Å². The number of fused-ring (bicyclic) bond motifs is 1. The molecule has 0 aliphatic carbocycles. The number of hydrogen-bond donors (Lipinski definition) is 1. The van der Waals surface area contributed by atoms with E-state index in [2.05, 4.69) is 41.8 Å². The maximum atomic E-state index is 5.46. The molecular formula is C13H19NOS. The highest BCUT2D eigenvalue weighted by Crippen LogP contribution is 2.17. The second-order valence-electron chi connectivity index (χ2n) is 4.13. The van der Waals surface area contributed by atoms with Gasteiger partial charge >= 0.3 is 0 Å². The van der Waals surface area contributed by atoms with E-state index in [1.54, 1.807) is 0 Å². The molecule has 1 aliphatic heterocycles. The van der Waals surface area contributed by atoms with E-state index in [1.807, 2.05) is 0 Å². The Morgan fingerprint density at radius 2 is 2.00 bits per heavy atom. The van der Waals surface area contributed by atoms with Gasteiger partial charge in [-0.3, -0.25) is 4.90 Å². The lowest BCUT2D eigenvalue weighted by Crippen LogP contribution is -2.33. The zero-order valence-electron chi connectivity index (χ0n) is 9.56. The minimum atomic E-state index is 0.757. The maximum Gasteiger partial charge on any atom is 0.0593 e. The minimum absolute atomic E-state index is 0.757. The van der Waals surface area contributed by atoms with Crippen molar-refractivity contribution in [2.45, 2.75) is 13.0 Å². The van der Waals surface area contributed by atoms with Crippen LogP contribution in [0.5, 0.6) is 0 Å². The van der Waals surface area contributed by atoms with Crippen LogP contribution in [0.4, 0.5) is 0 Å². The van der Waals surface area contributed by atoms with E-state index in [0.29, 0.717) is 0 Å². The predicted octanol–water partition coefficient (Wildman–Crippen LogP) is 1.99. The van der Waals surface area contributed by atoms with Crippen molar-refractivity contribution in [3.8, 4) is 0 Å². The Balaban J connectivity index is 1.79. The summed E-state index contributed by atoms with van der Waals surface area (Å²) >= 11 is 4.12. The molecule has 2 rings (SSSR count). The molecule has 0 spiro atoms. The summed E-state index contributed by atoms with van der Waals surface area (Å²) in [6, 6.07) is 8.73. The van der Waals surface area contributed by atoms with Gasteiger partial charge in [-0.05, 0) is 17.5 Å². The lowest BCUT2D eigenvalue weighted by atomic mass is 10.0. The Kier molecular flexibility index (Phi) is 4.69. The molecule has 0 fully saturated rings.